The van der Waals surface area contributed by atoms with Crippen molar-refractivity contribution in [3.05, 3.63) is 52.8 Å². The van der Waals surface area contributed by atoms with Crippen molar-refractivity contribution >= 4 is 15.9 Å². The van der Waals surface area contributed by atoms with Gasteiger partial charge >= 0.3 is 0 Å². The molecule has 3 rings (SSSR count). The van der Waals surface area contributed by atoms with Crippen LogP contribution in [0, 0.1) is 0 Å². The van der Waals surface area contributed by atoms with Crippen LogP contribution in [0.5, 0.6) is 0 Å². The van der Waals surface area contributed by atoms with Gasteiger partial charge in [-0.1, -0.05) is 30.3 Å². The van der Waals surface area contributed by atoms with Gasteiger partial charge in [0.25, 0.3) is 5.56 Å². The van der Waals surface area contributed by atoms with E-state index in [2.05, 4.69) is 5.10 Å². The molecule has 0 aliphatic carbocycles. The zero-order valence-electron chi connectivity index (χ0n) is 15.3. The van der Waals surface area contributed by atoms with Gasteiger partial charge in [-0.2, -0.15) is 9.40 Å². The van der Waals surface area contributed by atoms with Crippen molar-refractivity contribution in [3.63, 3.8) is 0 Å². The quantitative estimate of drug-likeness (QED) is 0.761. The van der Waals surface area contributed by atoms with Gasteiger partial charge in [0.15, 0.2) is 0 Å². The average molecular weight is 390 g/mol. The van der Waals surface area contributed by atoms with Crippen LogP contribution in [0.1, 0.15) is 13.0 Å². The molecule has 2 heterocycles. The van der Waals surface area contributed by atoms with Crippen LogP contribution >= 0.6 is 0 Å². The smallest absolute Gasteiger partial charge is 0.267 e. The second-order valence-corrected chi connectivity index (χ2v) is 8.51. The van der Waals surface area contributed by atoms with Crippen LogP contribution in [0.25, 0.3) is 11.3 Å². The number of benzene rings is 1. The SMILES string of the molecule is CC(C(=O)N1CCN(S(C)(=O)=O)CC1)n1nc(-c2ccccc2)ccc1=O. The molecular weight excluding hydrogens is 368 g/mol. The molecule has 1 unspecified atom stereocenters. The first kappa shape index (κ1) is 19.2. The lowest BCUT2D eigenvalue weighted by atomic mass is 10.1. The molecule has 9 heteroatoms. The monoisotopic (exact) mass is 390 g/mol. The Balaban J connectivity index is 1.79. The van der Waals surface area contributed by atoms with E-state index in [4.69, 9.17) is 0 Å². The van der Waals surface area contributed by atoms with Crippen molar-refractivity contribution in [2.24, 2.45) is 0 Å². The number of aromatic nitrogens is 2. The molecule has 1 aliphatic heterocycles. The number of sulfonamides is 1. The lowest BCUT2D eigenvalue weighted by Gasteiger charge is -2.34. The van der Waals surface area contributed by atoms with Crippen LogP contribution < -0.4 is 5.56 Å². The lowest BCUT2D eigenvalue weighted by Crippen LogP contribution is -2.52. The van der Waals surface area contributed by atoms with Crippen LogP contribution in [-0.4, -0.2) is 65.7 Å². The number of carbonyl (C=O) groups excluding carboxylic acids is 1. The molecule has 1 fully saturated rings. The highest BCUT2D eigenvalue weighted by atomic mass is 32.2. The van der Waals surface area contributed by atoms with Crippen LogP contribution in [-0.2, 0) is 14.8 Å². The molecule has 1 aromatic carbocycles. The fourth-order valence-corrected chi connectivity index (χ4v) is 3.90. The van der Waals surface area contributed by atoms with Gasteiger partial charge < -0.3 is 4.90 Å². The second kappa shape index (κ2) is 7.61. The summed E-state index contributed by atoms with van der Waals surface area (Å²) in [7, 11) is -3.26. The van der Waals surface area contributed by atoms with E-state index in [-0.39, 0.29) is 24.6 Å². The van der Waals surface area contributed by atoms with Gasteiger partial charge in [0, 0.05) is 37.8 Å². The first-order valence-electron chi connectivity index (χ1n) is 8.66. The maximum absolute atomic E-state index is 12.8. The lowest BCUT2D eigenvalue weighted by molar-refractivity contribution is -0.135. The Morgan fingerprint density at radius 1 is 1.04 bits per heavy atom. The van der Waals surface area contributed by atoms with Crippen LogP contribution in [0.4, 0.5) is 0 Å². The molecule has 1 amide bonds. The third-order valence-corrected chi connectivity index (χ3v) is 5.94. The van der Waals surface area contributed by atoms with Crippen LogP contribution in [0.3, 0.4) is 0 Å². The van der Waals surface area contributed by atoms with Gasteiger partial charge in [0.2, 0.25) is 15.9 Å². The normalized spacial score (nSPS) is 16.9. The molecule has 1 saturated heterocycles. The molecule has 2 aromatic rings. The predicted octanol–water partition coefficient (Wildman–Crippen LogP) is 0.575. The zero-order valence-corrected chi connectivity index (χ0v) is 16.1. The summed E-state index contributed by atoms with van der Waals surface area (Å²) >= 11 is 0. The van der Waals surface area contributed by atoms with Gasteiger partial charge in [-0.3, -0.25) is 9.59 Å². The maximum Gasteiger partial charge on any atom is 0.267 e. The Morgan fingerprint density at radius 3 is 2.26 bits per heavy atom. The summed E-state index contributed by atoms with van der Waals surface area (Å²) in [6, 6.07) is 11.7. The molecular formula is C18H22N4O4S. The summed E-state index contributed by atoms with van der Waals surface area (Å²) in [5.74, 6) is -0.247. The molecule has 1 atom stereocenters. The largest absolute Gasteiger partial charge is 0.338 e. The Labute approximate surface area is 158 Å². The predicted molar refractivity (Wildman–Crippen MR) is 102 cm³/mol. The Morgan fingerprint density at radius 2 is 1.67 bits per heavy atom. The van der Waals surface area contributed by atoms with Crippen molar-refractivity contribution in [3.8, 4) is 11.3 Å². The van der Waals surface area contributed by atoms with E-state index in [1.807, 2.05) is 30.3 Å². The van der Waals surface area contributed by atoms with E-state index in [0.29, 0.717) is 18.8 Å². The number of carbonyl (C=O) groups is 1. The zero-order chi connectivity index (χ0) is 19.6. The summed E-state index contributed by atoms with van der Waals surface area (Å²) < 4.78 is 25.7. The third kappa shape index (κ3) is 4.25. The molecule has 0 N–H and O–H groups in total. The van der Waals surface area contributed by atoms with E-state index in [1.165, 1.54) is 15.1 Å². The van der Waals surface area contributed by atoms with E-state index >= 15 is 0 Å². The highest BCUT2D eigenvalue weighted by molar-refractivity contribution is 7.88. The first-order chi connectivity index (χ1) is 12.8. The molecule has 27 heavy (non-hydrogen) atoms. The summed E-state index contributed by atoms with van der Waals surface area (Å²) in [5, 5.41) is 4.36. The van der Waals surface area contributed by atoms with Crippen molar-refractivity contribution in [2.75, 3.05) is 32.4 Å². The van der Waals surface area contributed by atoms with Gasteiger partial charge in [-0.05, 0) is 13.0 Å². The van der Waals surface area contributed by atoms with Crippen molar-refractivity contribution in [1.29, 1.82) is 0 Å². The Hall–Kier alpha value is -2.52. The van der Waals surface area contributed by atoms with Gasteiger partial charge in [0.05, 0.1) is 11.9 Å². The number of amides is 1. The van der Waals surface area contributed by atoms with Gasteiger partial charge in [-0.15, -0.1) is 0 Å². The molecule has 144 valence electrons. The summed E-state index contributed by atoms with van der Waals surface area (Å²) in [6.45, 7) is 2.73. The number of piperazine rings is 1. The highest BCUT2D eigenvalue weighted by Gasteiger charge is 2.29. The molecule has 0 saturated carbocycles. The minimum absolute atomic E-state index is 0.247. The molecule has 1 aromatic heterocycles. The molecule has 1 aliphatic rings. The molecule has 0 radical (unpaired) electrons. The van der Waals surface area contributed by atoms with E-state index in [1.54, 1.807) is 17.9 Å². The number of nitrogens with zero attached hydrogens (tertiary/aromatic N) is 4. The molecule has 0 bridgehead atoms. The maximum atomic E-state index is 12.8. The first-order valence-corrected chi connectivity index (χ1v) is 10.5. The molecule has 8 nitrogen and oxygen atoms in total. The van der Waals surface area contributed by atoms with E-state index in [9.17, 15) is 18.0 Å². The topological polar surface area (TPSA) is 92.6 Å². The van der Waals surface area contributed by atoms with Crippen LogP contribution in [0.2, 0.25) is 0 Å². The molecule has 0 spiro atoms. The van der Waals surface area contributed by atoms with Gasteiger partial charge in [-0.25, -0.2) is 13.1 Å². The number of hydrogen-bond acceptors (Lipinski definition) is 5. The fraction of sp³-hybridized carbons (Fsp3) is 0.389. The number of hydrogen-bond donors (Lipinski definition) is 0. The third-order valence-electron chi connectivity index (χ3n) is 4.64. The summed E-state index contributed by atoms with van der Waals surface area (Å²) in [5.41, 5.74) is 1.11. The Bertz CT molecular complexity index is 980. The van der Waals surface area contributed by atoms with Crippen LogP contribution in [0.15, 0.2) is 47.3 Å². The van der Waals surface area contributed by atoms with Crippen molar-refractivity contribution < 1.29 is 13.2 Å². The van der Waals surface area contributed by atoms with E-state index in [0.717, 1.165) is 11.8 Å². The second-order valence-electron chi connectivity index (χ2n) is 6.53. The minimum Gasteiger partial charge on any atom is -0.338 e. The summed E-state index contributed by atoms with van der Waals surface area (Å²) in [6.07, 6.45) is 1.16. The van der Waals surface area contributed by atoms with E-state index < -0.39 is 16.1 Å². The van der Waals surface area contributed by atoms with Crippen molar-refractivity contribution in [1.82, 2.24) is 19.0 Å². The summed E-state index contributed by atoms with van der Waals surface area (Å²) in [4.78, 5) is 26.6. The fourth-order valence-electron chi connectivity index (χ4n) is 3.07. The van der Waals surface area contributed by atoms with Crippen molar-refractivity contribution in [2.45, 2.75) is 13.0 Å². The average Bonchev–Trinajstić information content (AvgIpc) is 2.67. The number of rotatable bonds is 4. The standard InChI is InChI=1S/C18H22N4O4S/c1-14(18(24)20-10-12-21(13-11-20)27(2,25)26)22-17(23)9-8-16(19-22)15-6-4-3-5-7-15/h3-9,14H,10-13H2,1-2H3. The minimum atomic E-state index is -3.26. The van der Waals surface area contributed by atoms with Gasteiger partial charge in [0.1, 0.15) is 6.04 Å². The highest BCUT2D eigenvalue weighted by Crippen LogP contribution is 2.16. The Kier molecular flexibility index (Phi) is 5.43.